The number of carbonyl (C=O) groups excluding carboxylic acids is 1. The van der Waals surface area contributed by atoms with Crippen molar-refractivity contribution in [3.63, 3.8) is 0 Å². The molecule has 3 rings (SSSR count). The van der Waals surface area contributed by atoms with E-state index in [4.69, 9.17) is 9.47 Å². The van der Waals surface area contributed by atoms with Crippen LogP contribution in [0.2, 0.25) is 0 Å². The molecule has 2 aliphatic carbocycles. The van der Waals surface area contributed by atoms with E-state index in [0.717, 1.165) is 17.2 Å². The first-order valence-corrected chi connectivity index (χ1v) is 6.09. The van der Waals surface area contributed by atoms with Gasteiger partial charge in [-0.25, -0.2) is 4.99 Å². The highest BCUT2D eigenvalue weighted by molar-refractivity contribution is 6.13. The van der Waals surface area contributed by atoms with E-state index in [2.05, 4.69) is 4.99 Å². The Labute approximate surface area is 111 Å². The molecular formula is C15H13NO3. The number of rotatable bonds is 1. The van der Waals surface area contributed by atoms with E-state index < -0.39 is 0 Å². The number of fused-ring (bicyclic) bond motifs is 1. The van der Waals surface area contributed by atoms with Crippen molar-refractivity contribution in [2.75, 3.05) is 7.11 Å². The molecule has 4 nitrogen and oxygen atoms in total. The average molecular weight is 255 g/mol. The Morgan fingerprint density at radius 2 is 2.05 bits per heavy atom. The Bertz CT molecular complexity index is 615. The van der Waals surface area contributed by atoms with E-state index >= 15 is 0 Å². The summed E-state index contributed by atoms with van der Waals surface area (Å²) in [6, 6.07) is 0. The van der Waals surface area contributed by atoms with Crippen LogP contribution in [0.4, 0.5) is 0 Å². The molecule has 0 fully saturated rings. The standard InChI is InChI=1S/C15H13NO3/c1-18-11-4-7-13-15(9-5-11)19-14-8-3-10(17)2-6-12(14)16-13/h2,4-8H,3,9H2,1H3. The lowest BCUT2D eigenvalue weighted by Gasteiger charge is -2.18. The first kappa shape index (κ1) is 11.7. The number of methoxy groups -OCH3 is 1. The Morgan fingerprint density at radius 1 is 1.16 bits per heavy atom. The van der Waals surface area contributed by atoms with Gasteiger partial charge in [-0.15, -0.1) is 0 Å². The summed E-state index contributed by atoms with van der Waals surface area (Å²) < 4.78 is 11.1. The van der Waals surface area contributed by atoms with Gasteiger partial charge in [0, 0.05) is 12.8 Å². The van der Waals surface area contributed by atoms with Gasteiger partial charge in [-0.3, -0.25) is 4.79 Å². The van der Waals surface area contributed by atoms with E-state index in [9.17, 15) is 4.79 Å². The largest absolute Gasteiger partial charge is 0.497 e. The SMILES string of the molecule is COC1=CCC2=C(C=C1)N=C1C=CC(=O)CC=C1O2. The molecule has 0 bridgehead atoms. The van der Waals surface area contributed by atoms with Crippen LogP contribution in [0.5, 0.6) is 0 Å². The van der Waals surface area contributed by atoms with Gasteiger partial charge in [0.2, 0.25) is 0 Å². The van der Waals surface area contributed by atoms with Crippen LogP contribution in [-0.4, -0.2) is 18.6 Å². The summed E-state index contributed by atoms with van der Waals surface area (Å²) in [5.74, 6) is 2.28. The normalized spacial score (nSPS) is 21.3. The Balaban J connectivity index is 1.97. The smallest absolute Gasteiger partial charge is 0.159 e. The van der Waals surface area contributed by atoms with Crippen molar-refractivity contribution in [2.45, 2.75) is 12.8 Å². The van der Waals surface area contributed by atoms with Crippen LogP contribution in [-0.2, 0) is 14.3 Å². The van der Waals surface area contributed by atoms with Gasteiger partial charge in [-0.1, -0.05) is 0 Å². The molecule has 1 aliphatic heterocycles. The maximum atomic E-state index is 11.4. The molecule has 0 aromatic carbocycles. The second kappa shape index (κ2) is 4.72. The summed E-state index contributed by atoms with van der Waals surface area (Å²) in [4.78, 5) is 15.9. The Kier molecular flexibility index (Phi) is 2.91. The molecule has 0 spiro atoms. The van der Waals surface area contributed by atoms with E-state index in [1.54, 1.807) is 19.3 Å². The number of allylic oxidation sites excluding steroid dienone is 6. The second-order valence-electron chi connectivity index (χ2n) is 4.33. The quantitative estimate of drug-likeness (QED) is 0.723. The fraction of sp³-hybridized carbons (Fsp3) is 0.200. The summed E-state index contributed by atoms with van der Waals surface area (Å²) in [5, 5.41) is 0. The lowest BCUT2D eigenvalue weighted by Crippen LogP contribution is -2.10. The maximum absolute atomic E-state index is 11.4. The average Bonchev–Trinajstić information content (AvgIpc) is 2.73. The van der Waals surface area contributed by atoms with Crippen LogP contribution in [0.25, 0.3) is 0 Å². The zero-order valence-corrected chi connectivity index (χ0v) is 10.6. The Morgan fingerprint density at radius 3 is 2.89 bits per heavy atom. The molecule has 0 aromatic heterocycles. The zero-order chi connectivity index (χ0) is 13.2. The molecule has 0 radical (unpaired) electrons. The van der Waals surface area contributed by atoms with Crippen molar-refractivity contribution < 1.29 is 14.3 Å². The molecule has 0 saturated carbocycles. The second-order valence-corrected chi connectivity index (χ2v) is 4.33. The molecule has 19 heavy (non-hydrogen) atoms. The first-order chi connectivity index (χ1) is 9.26. The molecule has 0 unspecified atom stereocenters. The van der Waals surface area contributed by atoms with Crippen molar-refractivity contribution in [3.05, 3.63) is 59.4 Å². The van der Waals surface area contributed by atoms with Gasteiger partial charge in [0.25, 0.3) is 0 Å². The number of hydrogen-bond acceptors (Lipinski definition) is 4. The van der Waals surface area contributed by atoms with Crippen LogP contribution in [0, 0.1) is 0 Å². The van der Waals surface area contributed by atoms with Gasteiger partial charge in [0.1, 0.15) is 28.7 Å². The summed E-state index contributed by atoms with van der Waals surface area (Å²) in [7, 11) is 1.63. The summed E-state index contributed by atoms with van der Waals surface area (Å²) in [6.07, 6.45) is 11.7. The highest BCUT2D eigenvalue weighted by atomic mass is 16.5. The molecule has 96 valence electrons. The zero-order valence-electron chi connectivity index (χ0n) is 10.6. The van der Waals surface area contributed by atoms with Gasteiger partial charge < -0.3 is 9.47 Å². The third kappa shape index (κ3) is 2.29. The minimum Gasteiger partial charge on any atom is -0.497 e. The first-order valence-electron chi connectivity index (χ1n) is 6.09. The summed E-state index contributed by atoms with van der Waals surface area (Å²) in [5.41, 5.74) is 1.46. The molecule has 0 saturated heterocycles. The predicted molar refractivity (Wildman–Crippen MR) is 71.2 cm³/mol. The summed E-state index contributed by atoms with van der Waals surface area (Å²) >= 11 is 0. The van der Waals surface area contributed by atoms with Gasteiger partial charge in [-0.2, -0.15) is 0 Å². The minimum absolute atomic E-state index is 0.0560. The van der Waals surface area contributed by atoms with Crippen LogP contribution in [0.3, 0.4) is 0 Å². The fourth-order valence-corrected chi connectivity index (χ4v) is 2.03. The predicted octanol–water partition coefficient (Wildman–Crippen LogP) is 2.57. The van der Waals surface area contributed by atoms with Crippen LogP contribution >= 0.6 is 0 Å². The number of ether oxygens (including phenoxy) is 2. The van der Waals surface area contributed by atoms with E-state index in [1.165, 1.54) is 6.08 Å². The molecule has 1 heterocycles. The van der Waals surface area contributed by atoms with E-state index in [0.29, 0.717) is 24.3 Å². The monoisotopic (exact) mass is 255 g/mol. The third-order valence-electron chi connectivity index (χ3n) is 3.06. The van der Waals surface area contributed by atoms with Crippen LogP contribution < -0.4 is 0 Å². The van der Waals surface area contributed by atoms with Gasteiger partial charge >= 0.3 is 0 Å². The van der Waals surface area contributed by atoms with Crippen LogP contribution in [0.15, 0.2) is 64.4 Å². The molecule has 3 aliphatic rings. The molecule has 4 heteroatoms. The van der Waals surface area contributed by atoms with Crippen molar-refractivity contribution in [1.29, 1.82) is 0 Å². The summed E-state index contributed by atoms with van der Waals surface area (Å²) in [6.45, 7) is 0. The topological polar surface area (TPSA) is 47.9 Å². The highest BCUT2D eigenvalue weighted by Crippen LogP contribution is 2.28. The van der Waals surface area contributed by atoms with E-state index in [-0.39, 0.29) is 5.78 Å². The molecule has 0 aromatic rings. The van der Waals surface area contributed by atoms with Crippen molar-refractivity contribution >= 4 is 11.5 Å². The van der Waals surface area contributed by atoms with Crippen molar-refractivity contribution in [3.8, 4) is 0 Å². The fourth-order valence-electron chi connectivity index (χ4n) is 2.03. The number of nitrogens with zero attached hydrogens (tertiary/aromatic N) is 1. The minimum atomic E-state index is 0.0560. The van der Waals surface area contributed by atoms with Gasteiger partial charge in [-0.05, 0) is 36.5 Å². The number of hydrogen-bond donors (Lipinski definition) is 0. The van der Waals surface area contributed by atoms with Crippen molar-refractivity contribution in [1.82, 2.24) is 0 Å². The number of carbonyl (C=O) groups is 1. The van der Waals surface area contributed by atoms with Gasteiger partial charge in [0.05, 0.1) is 7.11 Å². The molecule has 0 atom stereocenters. The van der Waals surface area contributed by atoms with Crippen molar-refractivity contribution in [2.24, 2.45) is 4.99 Å². The number of ketones is 1. The molecule has 0 N–H and O–H groups in total. The molecule has 0 amide bonds. The highest BCUT2D eigenvalue weighted by Gasteiger charge is 2.21. The lowest BCUT2D eigenvalue weighted by molar-refractivity contribution is -0.113. The number of aliphatic imine (C=N–C) groups is 1. The third-order valence-corrected chi connectivity index (χ3v) is 3.06. The lowest BCUT2D eigenvalue weighted by atomic mass is 10.2. The van der Waals surface area contributed by atoms with Gasteiger partial charge in [0.15, 0.2) is 5.78 Å². The maximum Gasteiger partial charge on any atom is 0.159 e. The van der Waals surface area contributed by atoms with E-state index in [1.807, 2.05) is 18.2 Å². The Hall–Kier alpha value is -2.36. The van der Waals surface area contributed by atoms with Crippen LogP contribution in [0.1, 0.15) is 12.8 Å². The molecular weight excluding hydrogens is 242 g/mol.